The Bertz CT molecular complexity index is 3310. The minimum Gasteiger partial charge on any atom is -0.508 e. The van der Waals surface area contributed by atoms with E-state index in [2.05, 4.69) is 40.6 Å². The number of aromatic hydroxyl groups is 3. The average Bonchev–Trinajstić information content (AvgIpc) is 3.89. The van der Waals surface area contributed by atoms with Crippen LogP contribution in [0.4, 0.5) is 34.5 Å². The molecular formula is C56H66N12O9S. The number of phenolic OH excluding ortho intramolecular Hbond substituents is 2. The monoisotopic (exact) mass is 1080 g/mol. The maximum absolute atomic E-state index is 13.7. The van der Waals surface area contributed by atoms with Crippen LogP contribution in [0.15, 0.2) is 85.1 Å². The molecule has 0 unspecified atom stereocenters. The van der Waals surface area contributed by atoms with E-state index in [0.717, 1.165) is 60.6 Å². The number of amides is 3. The fourth-order valence-electron chi connectivity index (χ4n) is 11.1. The summed E-state index contributed by atoms with van der Waals surface area (Å²) in [5.41, 5.74) is 4.84. The van der Waals surface area contributed by atoms with Crippen molar-refractivity contribution in [3.8, 4) is 40.3 Å². The van der Waals surface area contributed by atoms with E-state index in [1.165, 1.54) is 21.7 Å². The van der Waals surface area contributed by atoms with E-state index in [1.54, 1.807) is 37.4 Å². The van der Waals surface area contributed by atoms with Crippen molar-refractivity contribution in [2.24, 2.45) is 17.8 Å². The Labute approximate surface area is 453 Å². The summed E-state index contributed by atoms with van der Waals surface area (Å²) in [6, 6.07) is 22.6. The van der Waals surface area contributed by atoms with Crippen LogP contribution in [0, 0.1) is 17.8 Å². The van der Waals surface area contributed by atoms with Crippen LogP contribution in [0.25, 0.3) is 17.1 Å². The zero-order valence-corrected chi connectivity index (χ0v) is 45.1. The summed E-state index contributed by atoms with van der Waals surface area (Å²) in [5.74, 6) is 0.858. The lowest BCUT2D eigenvalue weighted by molar-refractivity contribution is -0.138. The van der Waals surface area contributed by atoms with Crippen molar-refractivity contribution in [2.75, 3.05) is 85.1 Å². The van der Waals surface area contributed by atoms with E-state index < -0.39 is 10.0 Å². The van der Waals surface area contributed by atoms with Crippen molar-refractivity contribution in [1.82, 2.24) is 39.8 Å². The Hall–Kier alpha value is -7.98. The van der Waals surface area contributed by atoms with Gasteiger partial charge in [0.25, 0.3) is 5.91 Å². The number of aromatic nitrogens is 5. The number of hydrogen-bond donors (Lipinski definition) is 5. The van der Waals surface area contributed by atoms with Gasteiger partial charge in [-0.1, -0.05) is 36.3 Å². The normalized spacial score (nSPS) is 16.9. The summed E-state index contributed by atoms with van der Waals surface area (Å²) in [4.78, 5) is 57.7. The maximum atomic E-state index is 13.7. The quantitative estimate of drug-likeness (QED) is 0.0716. The molecule has 21 nitrogen and oxygen atoms in total. The minimum absolute atomic E-state index is 0.0109. The van der Waals surface area contributed by atoms with Crippen LogP contribution in [0.2, 0.25) is 0 Å². The van der Waals surface area contributed by atoms with E-state index in [4.69, 9.17) is 4.74 Å². The summed E-state index contributed by atoms with van der Waals surface area (Å²) >= 11 is 0. The van der Waals surface area contributed by atoms with Gasteiger partial charge in [-0.05, 0) is 124 Å². The second-order valence-corrected chi connectivity index (χ2v) is 22.4. The second kappa shape index (κ2) is 22.5. The maximum Gasteiger partial charge on any atom is 0.319 e. The van der Waals surface area contributed by atoms with E-state index in [-0.39, 0.29) is 81.6 Å². The first kappa shape index (κ1) is 53.4. The molecule has 3 saturated heterocycles. The van der Waals surface area contributed by atoms with E-state index in [1.807, 2.05) is 61.2 Å². The highest BCUT2D eigenvalue weighted by atomic mass is 32.2. The third kappa shape index (κ3) is 11.1. The van der Waals surface area contributed by atoms with E-state index >= 15 is 0 Å². The standard InChI is InChI=1S/C56H66N12O9S/c1-5-37-29-43(48(70)31-47(37)69)50-61-62-56(74)67(50)40-13-11-36(12-14-40)34-64-23-19-39(20-24-64)53(72)66-25-17-35(18-26-66)32-57-52(71)38-21-27-65(28-22-38)41-15-16-44(49(30-41)77-6-2)59-55-58-33-46-51(60-55)68(78(4,75)76)45-10-8-7-9-42(45)54(73)63(46)3/h7-16,29-31,33,35,38-39,69-70H,5-6,17-28,32,34H2,1-4H3,(H,57,71)(H,62,74)(H,58,59,60). The number of phenols is 2. The first-order valence-corrected chi connectivity index (χ1v) is 28.5. The first-order chi connectivity index (χ1) is 37.6. The number of anilines is 6. The molecule has 0 bridgehead atoms. The number of benzene rings is 4. The number of sulfonamides is 1. The van der Waals surface area contributed by atoms with Crippen LogP contribution < -0.4 is 29.5 Å². The average molecular weight is 1080 g/mol. The Balaban J connectivity index is 0.664. The van der Waals surface area contributed by atoms with Gasteiger partial charge in [-0.3, -0.25) is 19.3 Å². The van der Waals surface area contributed by atoms with Crippen molar-refractivity contribution in [2.45, 2.75) is 65.3 Å². The number of nitrogens with zero attached hydrogens (tertiary/aromatic N) is 10. The molecule has 4 aromatic carbocycles. The molecule has 410 valence electrons. The lowest BCUT2D eigenvalue weighted by atomic mass is 9.91. The van der Waals surface area contributed by atoms with Crippen LogP contribution in [0.3, 0.4) is 0 Å². The molecule has 5 N–H and O–H groups in total. The molecule has 0 aliphatic carbocycles. The molecule has 78 heavy (non-hydrogen) atoms. The topological polar surface area (TPSA) is 252 Å². The molecule has 3 fully saturated rings. The molecular weight excluding hydrogens is 1020 g/mol. The van der Waals surface area contributed by atoms with Crippen LogP contribution in [0.5, 0.6) is 23.3 Å². The molecule has 6 aromatic rings. The third-order valence-corrected chi connectivity index (χ3v) is 16.6. The summed E-state index contributed by atoms with van der Waals surface area (Å²) in [7, 11) is -2.38. The lowest BCUT2D eigenvalue weighted by Crippen LogP contribution is -2.47. The molecule has 4 aliphatic rings. The van der Waals surface area contributed by atoms with Crippen molar-refractivity contribution >= 4 is 62.3 Å². The first-order valence-electron chi connectivity index (χ1n) is 26.7. The summed E-state index contributed by atoms with van der Waals surface area (Å²) in [6.45, 7) is 9.83. The Morgan fingerprint density at radius 3 is 2.19 bits per heavy atom. The number of nitrogens with one attached hydrogen (secondary N) is 2. The number of hydrogen-bond acceptors (Lipinski definition) is 16. The largest absolute Gasteiger partial charge is 0.508 e. The molecule has 22 heteroatoms. The smallest absolute Gasteiger partial charge is 0.319 e. The molecule has 0 atom stereocenters. The van der Waals surface area contributed by atoms with Crippen molar-refractivity contribution in [1.29, 1.82) is 0 Å². The van der Waals surface area contributed by atoms with Crippen molar-refractivity contribution in [3.05, 3.63) is 102 Å². The van der Waals surface area contributed by atoms with Gasteiger partial charge in [-0.25, -0.2) is 22.3 Å². The fraction of sp³-hybridized carbons (Fsp3) is 0.411. The van der Waals surface area contributed by atoms with Gasteiger partial charge in [0.2, 0.25) is 27.8 Å². The van der Waals surface area contributed by atoms with Gasteiger partial charge in [0.1, 0.15) is 22.9 Å². The van der Waals surface area contributed by atoms with Crippen LogP contribution in [-0.2, 0) is 32.6 Å². The number of rotatable bonds is 15. The van der Waals surface area contributed by atoms with Crippen LogP contribution in [0.1, 0.15) is 73.9 Å². The Kier molecular flexibility index (Phi) is 15.4. The molecule has 6 heterocycles. The van der Waals surface area contributed by atoms with Crippen LogP contribution in [-0.4, -0.2) is 142 Å². The molecule has 2 aromatic heterocycles. The summed E-state index contributed by atoms with van der Waals surface area (Å²) in [5, 5.41) is 45.9. The van der Waals surface area contributed by atoms with Crippen molar-refractivity contribution < 1.29 is 42.9 Å². The van der Waals surface area contributed by atoms with E-state index in [0.29, 0.717) is 99.3 Å². The molecule has 4 aliphatic heterocycles. The number of likely N-dealkylation sites (tertiary alicyclic amines) is 2. The van der Waals surface area contributed by atoms with Gasteiger partial charge in [-0.2, -0.15) is 4.98 Å². The summed E-state index contributed by atoms with van der Waals surface area (Å²) < 4.78 is 35.1. The second-order valence-electron chi connectivity index (χ2n) is 20.6. The number of carbonyl (C=O) groups is 3. The highest BCUT2D eigenvalue weighted by molar-refractivity contribution is 7.92. The van der Waals surface area contributed by atoms with E-state index in [9.17, 15) is 38.1 Å². The van der Waals surface area contributed by atoms with Gasteiger partial charge in [0.05, 0.1) is 47.2 Å². The molecule has 10 rings (SSSR count). The highest BCUT2D eigenvalue weighted by Gasteiger charge is 2.36. The van der Waals surface area contributed by atoms with Gasteiger partial charge < -0.3 is 45.4 Å². The molecule has 0 spiro atoms. The van der Waals surface area contributed by atoms with Gasteiger partial charge in [0.15, 0.2) is 11.6 Å². The lowest BCUT2D eigenvalue weighted by Gasteiger charge is -2.37. The molecule has 0 radical (unpaired) electrons. The zero-order valence-electron chi connectivity index (χ0n) is 44.3. The van der Waals surface area contributed by atoms with Gasteiger partial charge in [0, 0.05) is 76.0 Å². The SMILES string of the molecule is CCOc1cc(N2CCC(C(=O)NCC3CCN(C(=O)C4CCN(Cc5ccc(-n6c(O)nnc6-c6cc(CC)c(O)cc6O)cc5)CC4)CC3)CC2)ccc1Nc1ncc2c(n1)N(S(C)(=O)=O)c1ccccc1C(=O)N2C. The predicted molar refractivity (Wildman–Crippen MR) is 296 cm³/mol. The Morgan fingerprint density at radius 2 is 1.49 bits per heavy atom. The van der Waals surface area contributed by atoms with Gasteiger partial charge in [-0.15, -0.1) is 5.10 Å². The Morgan fingerprint density at radius 1 is 0.782 bits per heavy atom. The number of fused-ring (bicyclic) bond motifs is 2. The molecule has 3 amide bonds. The third-order valence-electron chi connectivity index (χ3n) is 15.5. The predicted octanol–water partition coefficient (Wildman–Crippen LogP) is 6.72. The number of aryl methyl sites for hydroxylation is 1. The minimum atomic E-state index is -3.94. The fourth-order valence-corrected chi connectivity index (χ4v) is 12.1. The molecule has 0 saturated carbocycles. The number of ether oxygens (including phenoxy) is 1. The number of piperidine rings is 3. The van der Waals surface area contributed by atoms with Gasteiger partial charge >= 0.3 is 6.01 Å². The number of carbonyl (C=O) groups excluding carboxylic acids is 3. The highest BCUT2D eigenvalue weighted by Crippen LogP contribution is 2.42. The van der Waals surface area contributed by atoms with Crippen LogP contribution >= 0.6 is 0 Å². The number of para-hydroxylation sites is 1. The zero-order chi connectivity index (χ0) is 54.8. The summed E-state index contributed by atoms with van der Waals surface area (Å²) in [6.07, 6.45) is 7.70. The van der Waals surface area contributed by atoms with Crippen molar-refractivity contribution in [3.63, 3.8) is 0 Å².